The number of nitrogens with zero attached hydrogens (tertiary/aromatic N) is 3. The molecule has 1 aliphatic heterocycles. The maximum Gasteiger partial charge on any atom is 0.410 e. The molecule has 0 saturated carbocycles. The summed E-state index contributed by atoms with van der Waals surface area (Å²) in [5.41, 5.74) is 3.06. The number of rotatable bonds is 5. The summed E-state index contributed by atoms with van der Waals surface area (Å²) in [4.78, 5) is 34.7. The number of benzene rings is 2. The molecule has 1 saturated heterocycles. The molecule has 0 N–H and O–H groups in total. The minimum atomic E-state index is -0.521. The maximum atomic E-state index is 12.7. The second kappa shape index (κ2) is 12.8. The van der Waals surface area contributed by atoms with Crippen LogP contribution in [0.25, 0.3) is 16.0 Å². The first kappa shape index (κ1) is 28.2. The van der Waals surface area contributed by atoms with Crippen molar-refractivity contribution in [3.63, 3.8) is 0 Å². The number of ether oxygens (including phenoxy) is 2. The van der Waals surface area contributed by atoms with Crippen LogP contribution in [0.15, 0.2) is 60.8 Å². The molecule has 2 heterocycles. The van der Waals surface area contributed by atoms with Crippen LogP contribution in [0.3, 0.4) is 0 Å². The van der Waals surface area contributed by atoms with Gasteiger partial charge >= 0.3 is 12.2 Å². The molecule has 0 bridgehead atoms. The topological polar surface area (TPSA) is 82.2 Å². The van der Waals surface area contributed by atoms with Gasteiger partial charge in [-0.1, -0.05) is 37.3 Å². The molecule has 3 aromatic rings. The van der Waals surface area contributed by atoms with Gasteiger partial charge in [0.15, 0.2) is 0 Å². The minimum Gasteiger partial charge on any atom is -0.457 e. The van der Waals surface area contributed by atoms with Gasteiger partial charge in [-0.15, -0.1) is 0 Å². The van der Waals surface area contributed by atoms with Gasteiger partial charge in [0, 0.05) is 36.6 Å². The van der Waals surface area contributed by atoms with Crippen LogP contribution in [0.5, 0.6) is 11.5 Å². The quantitative estimate of drug-likeness (QED) is 0.340. The molecule has 8 heteroatoms. The third kappa shape index (κ3) is 7.12. The van der Waals surface area contributed by atoms with Crippen LogP contribution < -0.4 is 4.74 Å². The van der Waals surface area contributed by atoms with Crippen LogP contribution in [0, 0.1) is 6.57 Å². The highest BCUT2D eigenvalue weighted by Gasteiger charge is 2.30. The normalized spacial score (nSPS) is 14.9. The van der Waals surface area contributed by atoms with Crippen LogP contribution >= 0.6 is 0 Å². The third-order valence-corrected chi connectivity index (χ3v) is 6.14. The monoisotopic (exact) mass is 515 g/mol. The number of amides is 1. The zero-order valence-corrected chi connectivity index (χ0v) is 22.3. The SMILES string of the molecule is O=C=O.[C-]#[N+]c1c(-c2ccc(Oc3ccccc3)cc2)cn([C@@H]2CCCN(C(=O)OC(C)(C)C)C2)c1CC. The summed E-state index contributed by atoms with van der Waals surface area (Å²) < 4.78 is 13.7. The molecule has 1 atom stereocenters. The molecular formula is C30H33N3O5. The van der Waals surface area contributed by atoms with Crippen LogP contribution in [0.2, 0.25) is 0 Å². The van der Waals surface area contributed by atoms with E-state index in [1.165, 1.54) is 0 Å². The summed E-state index contributed by atoms with van der Waals surface area (Å²) in [6.07, 6.45) is 4.67. The van der Waals surface area contributed by atoms with Gasteiger partial charge in [-0.25, -0.2) is 9.64 Å². The number of hydrogen-bond donors (Lipinski definition) is 0. The molecule has 2 aromatic carbocycles. The van der Waals surface area contributed by atoms with Crippen molar-refractivity contribution < 1.29 is 23.9 Å². The highest BCUT2D eigenvalue weighted by atomic mass is 16.6. The van der Waals surface area contributed by atoms with Gasteiger partial charge in [0.05, 0.1) is 6.57 Å². The molecule has 4 rings (SSSR count). The average molecular weight is 516 g/mol. The maximum absolute atomic E-state index is 12.7. The van der Waals surface area contributed by atoms with E-state index in [4.69, 9.17) is 25.6 Å². The Kier molecular flexibility index (Phi) is 9.48. The van der Waals surface area contributed by atoms with Crippen molar-refractivity contribution in [3.8, 4) is 22.6 Å². The number of aromatic nitrogens is 1. The molecule has 0 unspecified atom stereocenters. The second-order valence-corrected chi connectivity index (χ2v) is 9.96. The molecule has 38 heavy (non-hydrogen) atoms. The van der Waals surface area contributed by atoms with Gasteiger partial charge in [-0.05, 0) is 69.9 Å². The first-order valence-electron chi connectivity index (χ1n) is 12.6. The Labute approximate surface area is 223 Å². The number of para-hydroxylation sites is 1. The van der Waals surface area contributed by atoms with Crippen molar-refractivity contribution in [2.24, 2.45) is 0 Å². The fraction of sp³-hybridized carbons (Fsp3) is 0.367. The average Bonchev–Trinajstić information content (AvgIpc) is 3.28. The Morgan fingerprint density at radius 3 is 2.29 bits per heavy atom. The van der Waals surface area contributed by atoms with E-state index < -0.39 is 5.60 Å². The van der Waals surface area contributed by atoms with Gasteiger partial charge in [0.2, 0.25) is 5.69 Å². The molecule has 8 nitrogen and oxygen atoms in total. The van der Waals surface area contributed by atoms with Gasteiger partial charge in [-0.2, -0.15) is 9.59 Å². The van der Waals surface area contributed by atoms with Crippen molar-refractivity contribution in [1.29, 1.82) is 0 Å². The fourth-order valence-electron chi connectivity index (χ4n) is 4.57. The van der Waals surface area contributed by atoms with Crippen molar-refractivity contribution in [2.45, 2.75) is 58.6 Å². The van der Waals surface area contributed by atoms with E-state index >= 15 is 0 Å². The van der Waals surface area contributed by atoms with Crippen molar-refractivity contribution >= 4 is 17.9 Å². The van der Waals surface area contributed by atoms with Gasteiger partial charge < -0.3 is 18.9 Å². The summed E-state index contributed by atoms with van der Waals surface area (Å²) in [5, 5.41) is 0. The van der Waals surface area contributed by atoms with Gasteiger partial charge in [-0.3, -0.25) is 0 Å². The summed E-state index contributed by atoms with van der Waals surface area (Å²) in [6, 6.07) is 17.7. The van der Waals surface area contributed by atoms with E-state index in [1.54, 1.807) is 4.90 Å². The van der Waals surface area contributed by atoms with Crippen LogP contribution in [-0.4, -0.2) is 40.4 Å². The summed E-state index contributed by atoms with van der Waals surface area (Å²) in [7, 11) is 0. The zero-order chi connectivity index (χ0) is 27.7. The smallest absolute Gasteiger partial charge is 0.410 e. The van der Waals surface area contributed by atoms with E-state index in [-0.39, 0.29) is 18.3 Å². The molecular weight excluding hydrogens is 482 g/mol. The Morgan fingerprint density at radius 1 is 1.08 bits per heavy atom. The lowest BCUT2D eigenvalue weighted by Gasteiger charge is -2.35. The second-order valence-electron chi connectivity index (χ2n) is 9.96. The largest absolute Gasteiger partial charge is 0.457 e. The molecule has 1 aromatic heterocycles. The first-order chi connectivity index (χ1) is 18.2. The van der Waals surface area contributed by atoms with Crippen molar-refractivity contribution in [2.75, 3.05) is 13.1 Å². The highest BCUT2D eigenvalue weighted by molar-refractivity contribution is 5.81. The van der Waals surface area contributed by atoms with E-state index in [0.717, 1.165) is 47.6 Å². The Morgan fingerprint density at radius 2 is 1.71 bits per heavy atom. The lowest BCUT2D eigenvalue weighted by Crippen LogP contribution is -2.43. The third-order valence-electron chi connectivity index (χ3n) is 6.14. The number of piperidine rings is 1. The summed E-state index contributed by atoms with van der Waals surface area (Å²) in [5.74, 6) is 1.54. The highest BCUT2D eigenvalue weighted by Crippen LogP contribution is 2.40. The number of carbonyl (C=O) groups is 1. The van der Waals surface area contributed by atoms with E-state index in [9.17, 15) is 4.79 Å². The van der Waals surface area contributed by atoms with E-state index in [2.05, 4.69) is 22.5 Å². The molecule has 1 fully saturated rings. The van der Waals surface area contributed by atoms with Crippen LogP contribution in [0.4, 0.5) is 10.5 Å². The molecule has 0 radical (unpaired) electrons. The Bertz CT molecular complexity index is 1290. The van der Waals surface area contributed by atoms with Gasteiger partial charge in [0.1, 0.15) is 17.1 Å². The summed E-state index contributed by atoms with van der Waals surface area (Å²) >= 11 is 0. The van der Waals surface area contributed by atoms with Crippen molar-refractivity contribution in [3.05, 3.63) is 77.9 Å². The molecule has 0 aliphatic carbocycles. The predicted octanol–water partition coefficient (Wildman–Crippen LogP) is 7.05. The van der Waals surface area contributed by atoms with Crippen LogP contribution in [0.1, 0.15) is 52.3 Å². The number of hydrogen-bond acceptors (Lipinski definition) is 5. The molecule has 198 valence electrons. The summed E-state index contributed by atoms with van der Waals surface area (Å²) in [6.45, 7) is 16.9. The fourth-order valence-corrected chi connectivity index (χ4v) is 4.57. The lowest BCUT2D eigenvalue weighted by molar-refractivity contribution is -0.191. The molecule has 1 amide bonds. The lowest BCUT2D eigenvalue weighted by atomic mass is 10.1. The molecule has 0 spiro atoms. The number of carbonyl (C=O) groups excluding carboxylic acids is 3. The van der Waals surface area contributed by atoms with Gasteiger partial charge in [0.25, 0.3) is 0 Å². The van der Waals surface area contributed by atoms with Crippen LogP contribution in [-0.2, 0) is 20.7 Å². The Hall–Kier alpha value is -4.34. The number of likely N-dealkylation sites (tertiary alicyclic amines) is 1. The standard InChI is InChI=1S/C29H33N3O3.CO2/c1-6-26-27(30-5)25(21-14-16-24(17-15-21)34-23-12-8-7-9-13-23)20-32(26)22-11-10-18-31(19-22)28(33)35-29(2,3)4;2-1-3/h7-9,12-17,20,22H,6,10-11,18-19H2,1-4H3;/t22-;/m1./s1. The minimum absolute atomic E-state index is 0.112. The predicted molar refractivity (Wildman–Crippen MR) is 143 cm³/mol. The van der Waals surface area contributed by atoms with E-state index in [0.29, 0.717) is 18.8 Å². The van der Waals surface area contributed by atoms with Crippen molar-refractivity contribution in [1.82, 2.24) is 9.47 Å². The van der Waals surface area contributed by atoms with E-state index in [1.807, 2.05) is 75.4 Å². The molecule has 1 aliphatic rings. The first-order valence-corrected chi connectivity index (χ1v) is 12.6. The zero-order valence-electron chi connectivity index (χ0n) is 22.3. The Balaban J connectivity index is 0.00000127.